The third kappa shape index (κ3) is 3.77. The minimum atomic E-state index is -0.183. The van der Waals surface area contributed by atoms with Crippen molar-refractivity contribution in [3.8, 4) is 0 Å². The van der Waals surface area contributed by atoms with E-state index in [4.69, 9.17) is 4.74 Å². The van der Waals surface area contributed by atoms with Crippen LogP contribution >= 0.6 is 11.3 Å². The Hall–Kier alpha value is -1.88. The summed E-state index contributed by atoms with van der Waals surface area (Å²) in [5, 5.41) is 2.07. The summed E-state index contributed by atoms with van der Waals surface area (Å²) in [6.07, 6.45) is 8.17. The Bertz CT molecular complexity index is 920. The second-order valence-electron chi connectivity index (χ2n) is 10.1. The number of carbonyl (C=O) groups is 2. The minimum Gasteiger partial charge on any atom is -0.457 e. The molecule has 0 unspecified atom stereocenters. The molecule has 4 saturated carbocycles. The lowest BCUT2D eigenvalue weighted by Gasteiger charge is -2.56. The predicted molar refractivity (Wildman–Crippen MR) is 118 cm³/mol. The molecule has 0 saturated heterocycles. The zero-order valence-electron chi connectivity index (χ0n) is 18.0. The Labute approximate surface area is 182 Å². The van der Waals surface area contributed by atoms with Crippen LogP contribution in [0.2, 0.25) is 0 Å². The summed E-state index contributed by atoms with van der Waals surface area (Å²) in [4.78, 5) is 26.7. The van der Waals surface area contributed by atoms with Crippen LogP contribution in [0.15, 0.2) is 23.6 Å². The highest BCUT2D eigenvalue weighted by molar-refractivity contribution is 7.09. The van der Waals surface area contributed by atoms with Crippen LogP contribution < -0.4 is 0 Å². The van der Waals surface area contributed by atoms with Crippen LogP contribution in [-0.4, -0.2) is 22.9 Å². The summed E-state index contributed by atoms with van der Waals surface area (Å²) >= 11 is 1.72. The second-order valence-corrected chi connectivity index (χ2v) is 11.2. The topological polar surface area (TPSA) is 48.3 Å². The molecule has 4 bridgehead atoms. The number of ketones is 1. The Morgan fingerprint density at radius 1 is 1.13 bits per heavy atom. The van der Waals surface area contributed by atoms with Crippen molar-refractivity contribution in [3.05, 3.63) is 45.4 Å². The summed E-state index contributed by atoms with van der Waals surface area (Å²) in [7, 11) is 0. The summed E-state index contributed by atoms with van der Waals surface area (Å²) in [6, 6.07) is 6.08. The van der Waals surface area contributed by atoms with E-state index in [2.05, 4.69) is 16.0 Å². The number of hydrogen-bond donors (Lipinski definition) is 0. The van der Waals surface area contributed by atoms with Gasteiger partial charge in [0, 0.05) is 21.8 Å². The zero-order valence-corrected chi connectivity index (χ0v) is 18.8. The first-order valence-corrected chi connectivity index (χ1v) is 12.2. The molecule has 0 atom stereocenters. The molecular weight excluding hydrogens is 394 g/mol. The molecule has 30 heavy (non-hydrogen) atoms. The van der Waals surface area contributed by atoms with E-state index in [0.717, 1.165) is 35.7 Å². The highest BCUT2D eigenvalue weighted by atomic mass is 32.1. The van der Waals surface area contributed by atoms with Crippen molar-refractivity contribution < 1.29 is 14.3 Å². The average molecular weight is 426 g/mol. The van der Waals surface area contributed by atoms with Crippen molar-refractivity contribution in [1.82, 2.24) is 4.57 Å². The van der Waals surface area contributed by atoms with Crippen LogP contribution in [-0.2, 0) is 16.1 Å². The average Bonchev–Trinajstić information content (AvgIpc) is 3.28. The van der Waals surface area contributed by atoms with E-state index < -0.39 is 0 Å². The maximum Gasteiger partial charge on any atom is 0.306 e. The zero-order chi connectivity index (χ0) is 20.9. The van der Waals surface area contributed by atoms with E-state index in [1.807, 2.05) is 26.0 Å². The smallest absolute Gasteiger partial charge is 0.306 e. The monoisotopic (exact) mass is 425 g/mol. The molecule has 4 nitrogen and oxygen atoms in total. The minimum absolute atomic E-state index is 0.0978. The molecule has 0 amide bonds. The number of hydrogen-bond acceptors (Lipinski definition) is 4. The van der Waals surface area contributed by atoms with Gasteiger partial charge in [0.1, 0.15) is 0 Å². The second kappa shape index (κ2) is 7.67. The van der Waals surface area contributed by atoms with Gasteiger partial charge in [-0.3, -0.25) is 9.59 Å². The lowest BCUT2D eigenvalue weighted by atomic mass is 9.49. The Balaban J connectivity index is 1.20. The quantitative estimate of drug-likeness (QED) is 0.432. The number of rotatable bonds is 7. The normalized spacial score (nSPS) is 29.3. The summed E-state index contributed by atoms with van der Waals surface area (Å²) in [6.45, 7) is 4.63. The molecule has 0 radical (unpaired) electrons. The largest absolute Gasteiger partial charge is 0.457 e. The van der Waals surface area contributed by atoms with E-state index in [9.17, 15) is 9.59 Å². The van der Waals surface area contributed by atoms with Gasteiger partial charge in [0.15, 0.2) is 6.61 Å². The Morgan fingerprint density at radius 3 is 2.40 bits per heavy atom. The molecule has 6 rings (SSSR count). The van der Waals surface area contributed by atoms with Gasteiger partial charge in [-0.2, -0.15) is 0 Å². The van der Waals surface area contributed by atoms with Crippen molar-refractivity contribution in [1.29, 1.82) is 0 Å². The number of aryl methyl sites for hydroxylation is 1. The third-order valence-corrected chi connectivity index (χ3v) is 8.68. The Morgan fingerprint density at radius 2 is 1.80 bits per heavy atom. The highest BCUT2D eigenvalue weighted by Crippen LogP contribution is 2.61. The summed E-state index contributed by atoms with van der Waals surface area (Å²) in [5.41, 5.74) is 2.84. The molecule has 5 heteroatoms. The van der Waals surface area contributed by atoms with Gasteiger partial charge in [0.25, 0.3) is 0 Å². The fourth-order valence-electron chi connectivity index (χ4n) is 6.97. The van der Waals surface area contributed by atoms with Gasteiger partial charge in [-0.25, -0.2) is 0 Å². The van der Waals surface area contributed by atoms with Gasteiger partial charge in [-0.15, -0.1) is 11.3 Å². The van der Waals surface area contributed by atoms with Gasteiger partial charge >= 0.3 is 5.97 Å². The van der Waals surface area contributed by atoms with Crippen LogP contribution in [0.25, 0.3) is 0 Å². The van der Waals surface area contributed by atoms with Crippen molar-refractivity contribution in [2.75, 3.05) is 6.61 Å². The number of esters is 1. The molecule has 2 aromatic heterocycles. The fourth-order valence-corrected chi connectivity index (χ4v) is 7.67. The maximum atomic E-state index is 12.8. The first kappa shape index (κ1) is 20.0. The number of thiophene rings is 1. The number of nitrogens with zero attached hydrogens (tertiary/aromatic N) is 1. The summed E-state index contributed by atoms with van der Waals surface area (Å²) in [5.74, 6) is 2.18. The van der Waals surface area contributed by atoms with Gasteiger partial charge < -0.3 is 9.30 Å². The molecule has 2 aromatic rings. The van der Waals surface area contributed by atoms with E-state index in [1.165, 1.54) is 43.4 Å². The fraction of sp³-hybridized carbons (Fsp3) is 0.600. The van der Waals surface area contributed by atoms with Crippen LogP contribution in [0.3, 0.4) is 0 Å². The molecular formula is C25H31NO3S. The SMILES string of the molecule is Cc1cc(C(=O)COC(=O)CC23CC4CC(CC(C4)C2)C3)c(C)n1Cc1cccs1. The molecule has 4 fully saturated rings. The number of aromatic nitrogens is 1. The van der Waals surface area contributed by atoms with E-state index >= 15 is 0 Å². The molecule has 0 N–H and O–H groups in total. The standard InChI is InChI=1S/C25H31NO3S/c1-16-6-22(17(2)26(16)14-21-4-3-5-30-21)23(27)15-29-24(28)13-25-10-18-7-19(11-25)9-20(8-18)12-25/h3-6,18-20H,7-15H2,1-2H3. The molecule has 0 spiro atoms. The van der Waals surface area contributed by atoms with Crippen LogP contribution in [0.4, 0.5) is 0 Å². The number of carbonyl (C=O) groups excluding carboxylic acids is 2. The lowest BCUT2D eigenvalue weighted by Crippen LogP contribution is -2.47. The van der Waals surface area contributed by atoms with Gasteiger partial charge in [-0.05, 0) is 93.1 Å². The van der Waals surface area contributed by atoms with Gasteiger partial charge in [0.2, 0.25) is 5.78 Å². The van der Waals surface area contributed by atoms with Crippen molar-refractivity contribution in [2.45, 2.75) is 65.3 Å². The van der Waals surface area contributed by atoms with Gasteiger partial charge in [0.05, 0.1) is 13.0 Å². The summed E-state index contributed by atoms with van der Waals surface area (Å²) < 4.78 is 7.67. The van der Waals surface area contributed by atoms with E-state index in [1.54, 1.807) is 11.3 Å². The molecule has 160 valence electrons. The van der Waals surface area contributed by atoms with Crippen LogP contribution in [0.5, 0.6) is 0 Å². The van der Waals surface area contributed by atoms with Crippen LogP contribution in [0, 0.1) is 37.0 Å². The number of Topliss-reactive ketones (excluding diaryl/α,β-unsaturated/α-hetero) is 1. The third-order valence-electron chi connectivity index (χ3n) is 7.82. The van der Waals surface area contributed by atoms with Crippen molar-refractivity contribution in [2.24, 2.45) is 23.2 Å². The van der Waals surface area contributed by atoms with E-state index in [0.29, 0.717) is 12.0 Å². The predicted octanol–water partition coefficient (Wildman–Crippen LogP) is 5.55. The molecule has 4 aliphatic carbocycles. The maximum absolute atomic E-state index is 12.8. The van der Waals surface area contributed by atoms with Crippen molar-refractivity contribution >= 4 is 23.1 Å². The lowest BCUT2D eigenvalue weighted by molar-refractivity contribution is -0.150. The molecule has 2 heterocycles. The Kier molecular flexibility index (Phi) is 5.12. The number of ether oxygens (including phenoxy) is 1. The first-order valence-electron chi connectivity index (χ1n) is 11.3. The van der Waals surface area contributed by atoms with E-state index in [-0.39, 0.29) is 23.8 Å². The van der Waals surface area contributed by atoms with Crippen LogP contribution in [0.1, 0.15) is 71.6 Å². The first-order chi connectivity index (χ1) is 14.4. The molecule has 4 aliphatic rings. The van der Waals surface area contributed by atoms with Gasteiger partial charge in [-0.1, -0.05) is 6.07 Å². The molecule has 0 aliphatic heterocycles. The van der Waals surface area contributed by atoms with Crippen molar-refractivity contribution in [3.63, 3.8) is 0 Å². The molecule has 0 aromatic carbocycles. The highest BCUT2D eigenvalue weighted by Gasteiger charge is 2.51.